The monoisotopic (exact) mass is 211 g/mol. The topological polar surface area (TPSA) is 46.2 Å². The van der Waals surface area contributed by atoms with Crippen molar-refractivity contribution in [2.24, 2.45) is 5.92 Å². The fraction of sp³-hybridized carbons (Fsp3) is 0.833. The van der Waals surface area contributed by atoms with Crippen LogP contribution in [-0.4, -0.2) is 17.7 Å². The number of hydrogen-bond acceptors (Lipinski definition) is 2. The van der Waals surface area contributed by atoms with E-state index in [-0.39, 0.29) is 17.9 Å². The van der Waals surface area contributed by atoms with Crippen LogP contribution >= 0.6 is 0 Å². The first kappa shape index (κ1) is 12.2. The molecule has 3 nitrogen and oxygen atoms in total. The van der Waals surface area contributed by atoms with Gasteiger partial charge in [-0.25, -0.2) is 0 Å². The van der Waals surface area contributed by atoms with Crippen molar-refractivity contribution in [2.75, 3.05) is 0 Å². The van der Waals surface area contributed by atoms with Crippen molar-refractivity contribution in [3.8, 4) is 0 Å². The van der Waals surface area contributed by atoms with Crippen molar-refractivity contribution in [2.45, 2.75) is 58.4 Å². The van der Waals surface area contributed by atoms with Crippen molar-refractivity contribution in [1.82, 2.24) is 5.32 Å². The predicted octanol–water partition coefficient (Wildman–Crippen LogP) is 2.05. The van der Waals surface area contributed by atoms with Gasteiger partial charge in [-0.1, -0.05) is 13.8 Å². The summed E-state index contributed by atoms with van der Waals surface area (Å²) in [5, 5.41) is 3.05. The lowest BCUT2D eigenvalue weighted by atomic mass is 9.93. The molecule has 0 radical (unpaired) electrons. The van der Waals surface area contributed by atoms with E-state index < -0.39 is 0 Å². The van der Waals surface area contributed by atoms with E-state index in [1.54, 1.807) is 0 Å². The molecule has 1 saturated carbocycles. The molecule has 1 rings (SSSR count). The standard InChI is InChI=1S/C12H21NO2/c1-3-9(4-2)12(15)13-10-5-7-11(14)8-6-10/h9-10H,3-8H2,1-2H3,(H,13,15). The molecule has 1 aliphatic rings. The first-order valence-electron chi connectivity index (χ1n) is 5.99. The van der Waals surface area contributed by atoms with Crippen LogP contribution in [0, 0.1) is 5.92 Å². The van der Waals surface area contributed by atoms with E-state index in [0.29, 0.717) is 18.6 Å². The molecule has 0 aromatic carbocycles. The molecule has 3 heteroatoms. The van der Waals surface area contributed by atoms with Crippen LogP contribution in [-0.2, 0) is 9.59 Å². The van der Waals surface area contributed by atoms with Gasteiger partial charge < -0.3 is 5.32 Å². The second-order valence-corrected chi connectivity index (χ2v) is 4.33. The molecule has 0 bridgehead atoms. The second kappa shape index (κ2) is 5.89. The predicted molar refractivity (Wildman–Crippen MR) is 59.5 cm³/mol. The molecule has 0 aliphatic heterocycles. The van der Waals surface area contributed by atoms with Crippen LogP contribution in [0.5, 0.6) is 0 Å². The molecule has 1 amide bonds. The number of ketones is 1. The van der Waals surface area contributed by atoms with Crippen LogP contribution in [0.25, 0.3) is 0 Å². The Kier molecular flexibility index (Phi) is 4.79. The Morgan fingerprint density at radius 2 is 1.87 bits per heavy atom. The molecule has 15 heavy (non-hydrogen) atoms. The molecule has 0 spiro atoms. The summed E-state index contributed by atoms with van der Waals surface area (Å²) >= 11 is 0. The van der Waals surface area contributed by atoms with Gasteiger partial charge >= 0.3 is 0 Å². The first-order valence-corrected chi connectivity index (χ1v) is 5.99. The maximum absolute atomic E-state index is 11.8. The molecule has 0 saturated heterocycles. The maximum Gasteiger partial charge on any atom is 0.223 e. The van der Waals surface area contributed by atoms with E-state index >= 15 is 0 Å². The lowest BCUT2D eigenvalue weighted by Crippen LogP contribution is -2.40. The second-order valence-electron chi connectivity index (χ2n) is 4.33. The lowest BCUT2D eigenvalue weighted by molar-refractivity contribution is -0.127. The Bertz CT molecular complexity index is 224. The quantitative estimate of drug-likeness (QED) is 0.773. The van der Waals surface area contributed by atoms with Crippen molar-refractivity contribution in [1.29, 1.82) is 0 Å². The van der Waals surface area contributed by atoms with Gasteiger partial charge in [0.25, 0.3) is 0 Å². The maximum atomic E-state index is 11.8. The van der Waals surface area contributed by atoms with Crippen molar-refractivity contribution >= 4 is 11.7 Å². The molecule has 0 aromatic heterocycles. The molecule has 86 valence electrons. The Morgan fingerprint density at radius 3 is 2.33 bits per heavy atom. The summed E-state index contributed by atoms with van der Waals surface area (Å²) in [4.78, 5) is 22.8. The third kappa shape index (κ3) is 3.65. The van der Waals surface area contributed by atoms with E-state index in [2.05, 4.69) is 5.32 Å². The van der Waals surface area contributed by atoms with Crippen LogP contribution in [0.3, 0.4) is 0 Å². The molecule has 0 unspecified atom stereocenters. The molecule has 0 heterocycles. The van der Waals surface area contributed by atoms with Crippen molar-refractivity contribution < 1.29 is 9.59 Å². The zero-order chi connectivity index (χ0) is 11.3. The highest BCUT2D eigenvalue weighted by Gasteiger charge is 2.22. The Hall–Kier alpha value is -0.860. The van der Waals surface area contributed by atoms with Crippen LogP contribution in [0.15, 0.2) is 0 Å². The Morgan fingerprint density at radius 1 is 1.33 bits per heavy atom. The average Bonchev–Trinajstić information content (AvgIpc) is 2.23. The number of Topliss-reactive ketones (excluding diaryl/α,β-unsaturated/α-hetero) is 1. The number of nitrogens with one attached hydrogen (secondary N) is 1. The normalized spacial score (nSPS) is 18.2. The van der Waals surface area contributed by atoms with Crippen molar-refractivity contribution in [3.05, 3.63) is 0 Å². The van der Waals surface area contributed by atoms with Crippen LogP contribution in [0.1, 0.15) is 52.4 Å². The van der Waals surface area contributed by atoms with Crippen LogP contribution in [0.2, 0.25) is 0 Å². The summed E-state index contributed by atoms with van der Waals surface area (Å²) in [5.74, 6) is 0.644. The summed E-state index contributed by atoms with van der Waals surface area (Å²) < 4.78 is 0. The number of hydrogen-bond donors (Lipinski definition) is 1. The fourth-order valence-electron chi connectivity index (χ4n) is 2.06. The molecule has 0 aromatic rings. The summed E-state index contributed by atoms with van der Waals surface area (Å²) in [6.07, 6.45) is 4.71. The van der Waals surface area contributed by atoms with Gasteiger partial charge in [-0.2, -0.15) is 0 Å². The fourth-order valence-corrected chi connectivity index (χ4v) is 2.06. The Balaban J connectivity index is 2.34. The van der Waals surface area contributed by atoms with E-state index in [9.17, 15) is 9.59 Å². The van der Waals surface area contributed by atoms with Crippen molar-refractivity contribution in [3.63, 3.8) is 0 Å². The number of carbonyl (C=O) groups is 2. The average molecular weight is 211 g/mol. The van der Waals surface area contributed by atoms with Gasteiger partial charge in [0.05, 0.1) is 0 Å². The molecule has 1 aliphatic carbocycles. The number of carbonyl (C=O) groups excluding carboxylic acids is 2. The van der Waals surface area contributed by atoms with E-state index in [1.165, 1.54) is 0 Å². The molecule has 1 N–H and O–H groups in total. The lowest BCUT2D eigenvalue weighted by Gasteiger charge is -2.24. The smallest absolute Gasteiger partial charge is 0.223 e. The van der Waals surface area contributed by atoms with Gasteiger partial charge in [0.2, 0.25) is 5.91 Å². The highest BCUT2D eigenvalue weighted by Crippen LogP contribution is 2.16. The van der Waals surface area contributed by atoms with Gasteiger partial charge in [-0.15, -0.1) is 0 Å². The third-order valence-electron chi connectivity index (χ3n) is 3.25. The van der Waals surface area contributed by atoms with Gasteiger partial charge in [0.15, 0.2) is 0 Å². The largest absolute Gasteiger partial charge is 0.353 e. The highest BCUT2D eigenvalue weighted by molar-refractivity contribution is 5.81. The highest BCUT2D eigenvalue weighted by atomic mass is 16.2. The molecular formula is C12H21NO2. The van der Waals surface area contributed by atoms with E-state index in [4.69, 9.17) is 0 Å². The molecule has 0 atom stereocenters. The van der Waals surface area contributed by atoms with Crippen LogP contribution < -0.4 is 5.32 Å². The van der Waals surface area contributed by atoms with Gasteiger partial charge in [-0.3, -0.25) is 9.59 Å². The SMILES string of the molecule is CCC(CC)C(=O)NC1CCC(=O)CC1. The summed E-state index contributed by atoms with van der Waals surface area (Å²) in [6, 6.07) is 0.232. The minimum Gasteiger partial charge on any atom is -0.353 e. The number of amides is 1. The van der Waals surface area contributed by atoms with E-state index in [0.717, 1.165) is 25.7 Å². The first-order chi connectivity index (χ1) is 7.17. The zero-order valence-corrected chi connectivity index (χ0v) is 9.71. The van der Waals surface area contributed by atoms with Crippen LogP contribution in [0.4, 0.5) is 0 Å². The summed E-state index contributed by atoms with van der Waals surface area (Å²) in [6.45, 7) is 4.08. The molecule has 1 fully saturated rings. The third-order valence-corrected chi connectivity index (χ3v) is 3.25. The van der Waals surface area contributed by atoms with E-state index in [1.807, 2.05) is 13.8 Å². The molecular weight excluding hydrogens is 190 g/mol. The minimum absolute atomic E-state index is 0.141. The Labute approximate surface area is 91.6 Å². The summed E-state index contributed by atoms with van der Waals surface area (Å²) in [5.41, 5.74) is 0. The number of rotatable bonds is 4. The summed E-state index contributed by atoms with van der Waals surface area (Å²) in [7, 11) is 0. The van der Waals surface area contributed by atoms with Gasteiger partial charge in [-0.05, 0) is 25.7 Å². The minimum atomic E-state index is 0.141. The zero-order valence-electron chi connectivity index (χ0n) is 9.71. The van der Waals surface area contributed by atoms with Gasteiger partial charge in [0, 0.05) is 24.8 Å². The van der Waals surface area contributed by atoms with Gasteiger partial charge in [0.1, 0.15) is 5.78 Å².